The lowest BCUT2D eigenvalue weighted by molar-refractivity contribution is -0.210. The summed E-state index contributed by atoms with van der Waals surface area (Å²) in [6, 6.07) is 7.75. The van der Waals surface area contributed by atoms with Gasteiger partial charge in [0.25, 0.3) is 0 Å². The number of hydrogen-bond acceptors (Lipinski definition) is 8. The summed E-state index contributed by atoms with van der Waals surface area (Å²) in [5, 5.41) is 6.14. The van der Waals surface area contributed by atoms with Crippen molar-refractivity contribution in [2.45, 2.75) is 90.4 Å². The molecule has 0 aromatic heterocycles. The van der Waals surface area contributed by atoms with E-state index in [0.29, 0.717) is 10.6 Å². The molecular weight excluding hydrogens is 472 g/mol. The molecule has 1 amide bonds. The second-order valence-corrected chi connectivity index (χ2v) is 10.9. The molecule has 35 heavy (non-hydrogen) atoms. The molecule has 2 N–H and O–H groups in total. The standard InChI is InChI=1S/C25H36N2O7S/c1-14(2)17(27-23(29)34-24(3,4)5)20(35)26-18-16(31-22-19(18)32-25(6,7)33-22)13-30-21(28)15-11-9-8-10-12-15/h8-12,14,16-19,22H,13H2,1-7H3,(H,26,35)(H,27,29)/t16-,17-,18+,19-,22-/m1/s1. The maximum Gasteiger partial charge on any atom is 0.408 e. The largest absolute Gasteiger partial charge is 0.459 e. The van der Waals surface area contributed by atoms with E-state index >= 15 is 0 Å². The van der Waals surface area contributed by atoms with Gasteiger partial charge in [0.05, 0.1) is 22.6 Å². The van der Waals surface area contributed by atoms with Crippen LogP contribution in [0.1, 0.15) is 58.8 Å². The first kappa shape index (κ1) is 27.3. The van der Waals surface area contributed by atoms with Crippen molar-refractivity contribution >= 4 is 29.3 Å². The molecular formula is C25H36N2O7S. The average molecular weight is 509 g/mol. The van der Waals surface area contributed by atoms with Crippen molar-refractivity contribution in [3.05, 3.63) is 35.9 Å². The third-order valence-corrected chi connectivity index (χ3v) is 5.84. The quantitative estimate of drug-likeness (QED) is 0.423. The number of benzene rings is 1. The van der Waals surface area contributed by atoms with Gasteiger partial charge in [-0.05, 0) is 52.7 Å². The highest BCUT2D eigenvalue weighted by Gasteiger charge is 2.55. The fraction of sp³-hybridized carbons (Fsp3) is 0.640. The molecule has 2 fully saturated rings. The van der Waals surface area contributed by atoms with E-state index in [2.05, 4.69) is 10.6 Å². The topological polar surface area (TPSA) is 104 Å². The van der Waals surface area contributed by atoms with Crippen LogP contribution >= 0.6 is 12.2 Å². The Bertz CT molecular complexity index is 916. The molecule has 2 aliphatic rings. The van der Waals surface area contributed by atoms with Gasteiger partial charge in [0, 0.05) is 0 Å². The maximum atomic E-state index is 12.5. The molecule has 10 heteroatoms. The third-order valence-electron chi connectivity index (χ3n) is 5.47. The first-order valence-electron chi connectivity index (χ1n) is 11.8. The Hall–Kier alpha value is -2.27. The van der Waals surface area contributed by atoms with Crippen molar-refractivity contribution in [3.8, 4) is 0 Å². The molecule has 0 aliphatic carbocycles. The molecule has 1 aromatic rings. The number of hydrogen-bond donors (Lipinski definition) is 2. The van der Waals surface area contributed by atoms with E-state index in [0.717, 1.165) is 0 Å². The van der Waals surface area contributed by atoms with Crippen LogP contribution in [0.4, 0.5) is 4.79 Å². The molecule has 0 radical (unpaired) electrons. The Morgan fingerprint density at radius 3 is 2.40 bits per heavy atom. The molecule has 0 bridgehead atoms. The predicted molar refractivity (Wildman–Crippen MR) is 133 cm³/mol. The van der Waals surface area contributed by atoms with Crippen LogP contribution in [-0.2, 0) is 23.7 Å². The zero-order chi connectivity index (χ0) is 26.0. The summed E-state index contributed by atoms with van der Waals surface area (Å²) < 4.78 is 28.9. The van der Waals surface area contributed by atoms with Gasteiger partial charge in [0.15, 0.2) is 12.1 Å². The smallest absolute Gasteiger partial charge is 0.408 e. The number of amides is 1. The van der Waals surface area contributed by atoms with E-state index in [-0.39, 0.29) is 12.5 Å². The van der Waals surface area contributed by atoms with Crippen LogP contribution in [0.15, 0.2) is 30.3 Å². The van der Waals surface area contributed by atoms with Gasteiger partial charge in [-0.2, -0.15) is 0 Å². The van der Waals surface area contributed by atoms with E-state index in [4.69, 9.17) is 35.9 Å². The summed E-state index contributed by atoms with van der Waals surface area (Å²) in [7, 11) is 0. The second-order valence-electron chi connectivity index (χ2n) is 10.5. The summed E-state index contributed by atoms with van der Waals surface area (Å²) in [5.74, 6) is -1.32. The molecule has 2 aliphatic heterocycles. The fourth-order valence-corrected chi connectivity index (χ4v) is 4.40. The van der Waals surface area contributed by atoms with Gasteiger partial charge in [0.2, 0.25) is 0 Å². The molecule has 2 saturated heterocycles. The molecule has 0 unspecified atom stereocenters. The van der Waals surface area contributed by atoms with E-state index in [1.54, 1.807) is 58.9 Å². The number of ether oxygens (including phenoxy) is 5. The minimum Gasteiger partial charge on any atom is -0.459 e. The number of esters is 1. The van der Waals surface area contributed by atoms with Crippen LogP contribution in [0.2, 0.25) is 0 Å². The van der Waals surface area contributed by atoms with Crippen molar-refractivity contribution in [3.63, 3.8) is 0 Å². The monoisotopic (exact) mass is 508 g/mol. The van der Waals surface area contributed by atoms with E-state index in [1.165, 1.54) is 0 Å². The zero-order valence-corrected chi connectivity index (χ0v) is 22.1. The number of alkyl carbamates (subject to hydrolysis) is 1. The Morgan fingerprint density at radius 1 is 1.14 bits per heavy atom. The SMILES string of the molecule is CC(C)[C@@H](NC(=O)OC(C)(C)C)C(=S)N[C@@H]1[C@H]2OC(C)(C)O[C@H]2O[C@@H]1COC(=O)c1ccccc1. The molecule has 2 heterocycles. The van der Waals surface area contributed by atoms with E-state index < -0.39 is 54.0 Å². The van der Waals surface area contributed by atoms with E-state index in [1.807, 2.05) is 19.9 Å². The van der Waals surface area contributed by atoms with Gasteiger partial charge in [-0.3, -0.25) is 0 Å². The summed E-state index contributed by atoms with van der Waals surface area (Å²) >= 11 is 5.69. The van der Waals surface area contributed by atoms with Crippen molar-refractivity contribution in [1.82, 2.24) is 10.6 Å². The molecule has 1 aromatic carbocycles. The highest BCUT2D eigenvalue weighted by atomic mass is 32.1. The van der Waals surface area contributed by atoms with Crippen molar-refractivity contribution in [2.24, 2.45) is 5.92 Å². The van der Waals surface area contributed by atoms with Crippen LogP contribution < -0.4 is 10.6 Å². The maximum absolute atomic E-state index is 12.5. The minimum absolute atomic E-state index is 0.0211. The number of thiocarbonyl (C=S) groups is 1. The van der Waals surface area contributed by atoms with Gasteiger partial charge in [-0.1, -0.05) is 44.3 Å². The summed E-state index contributed by atoms with van der Waals surface area (Å²) in [4.78, 5) is 25.3. The summed E-state index contributed by atoms with van der Waals surface area (Å²) in [6.45, 7) is 12.9. The molecule has 5 atom stereocenters. The predicted octanol–water partition coefficient (Wildman–Crippen LogP) is 3.55. The Kier molecular flexibility index (Phi) is 8.41. The minimum atomic E-state index is -0.839. The van der Waals surface area contributed by atoms with Crippen molar-refractivity contribution in [1.29, 1.82) is 0 Å². The second kappa shape index (κ2) is 10.8. The van der Waals surface area contributed by atoms with Gasteiger partial charge >= 0.3 is 12.1 Å². The lowest BCUT2D eigenvalue weighted by Crippen LogP contribution is -2.56. The van der Waals surface area contributed by atoms with Gasteiger partial charge in [-0.15, -0.1) is 0 Å². The summed E-state index contributed by atoms with van der Waals surface area (Å²) in [6.07, 6.45) is -2.28. The third kappa shape index (κ3) is 7.36. The molecule has 9 nitrogen and oxygen atoms in total. The van der Waals surface area contributed by atoms with E-state index in [9.17, 15) is 9.59 Å². The molecule has 3 rings (SSSR count). The van der Waals surface area contributed by atoms with Crippen LogP contribution in [0, 0.1) is 5.92 Å². The number of nitrogens with one attached hydrogen (secondary N) is 2. The van der Waals surface area contributed by atoms with Gasteiger partial charge < -0.3 is 34.3 Å². The molecule has 0 spiro atoms. The Labute approximate surface area is 212 Å². The van der Waals surface area contributed by atoms with Crippen LogP contribution in [0.3, 0.4) is 0 Å². The first-order chi connectivity index (χ1) is 16.3. The fourth-order valence-electron chi connectivity index (χ4n) is 3.93. The van der Waals surface area contributed by atoms with Gasteiger partial charge in [0.1, 0.15) is 24.4 Å². The van der Waals surface area contributed by atoms with Crippen LogP contribution in [-0.4, -0.2) is 65.6 Å². The number of fused-ring (bicyclic) bond motifs is 1. The zero-order valence-electron chi connectivity index (χ0n) is 21.3. The number of carbonyl (C=O) groups is 2. The van der Waals surface area contributed by atoms with Crippen LogP contribution in [0.5, 0.6) is 0 Å². The normalized spacial score (nSPS) is 26.1. The highest BCUT2D eigenvalue weighted by Crippen LogP contribution is 2.37. The lowest BCUT2D eigenvalue weighted by atomic mass is 10.0. The lowest BCUT2D eigenvalue weighted by Gasteiger charge is -2.31. The van der Waals surface area contributed by atoms with Crippen molar-refractivity contribution in [2.75, 3.05) is 6.61 Å². The molecule has 0 saturated carbocycles. The molecule has 194 valence electrons. The van der Waals surface area contributed by atoms with Crippen LogP contribution in [0.25, 0.3) is 0 Å². The highest BCUT2D eigenvalue weighted by molar-refractivity contribution is 7.80. The Balaban J connectivity index is 1.70. The summed E-state index contributed by atoms with van der Waals surface area (Å²) in [5.41, 5.74) is -0.192. The van der Waals surface area contributed by atoms with Crippen molar-refractivity contribution < 1.29 is 33.3 Å². The average Bonchev–Trinajstić information content (AvgIpc) is 3.21. The number of carbonyl (C=O) groups excluding carboxylic acids is 2. The van der Waals surface area contributed by atoms with Gasteiger partial charge in [-0.25, -0.2) is 9.59 Å². The first-order valence-corrected chi connectivity index (χ1v) is 12.2. The Morgan fingerprint density at radius 2 is 1.80 bits per heavy atom. The number of rotatable bonds is 7.